The third-order valence-corrected chi connectivity index (χ3v) is 5.20. The summed E-state index contributed by atoms with van der Waals surface area (Å²) in [6, 6.07) is 0.822. The van der Waals surface area contributed by atoms with Crippen molar-refractivity contribution in [2.24, 2.45) is 17.3 Å². The lowest BCUT2D eigenvalue weighted by Crippen LogP contribution is -2.46. The van der Waals surface area contributed by atoms with Crippen LogP contribution in [0.25, 0.3) is 0 Å². The Morgan fingerprint density at radius 2 is 1.81 bits per heavy atom. The molecule has 0 bridgehead atoms. The summed E-state index contributed by atoms with van der Waals surface area (Å²) in [7, 11) is 2.36. The van der Waals surface area contributed by atoms with Crippen LogP contribution in [0.2, 0.25) is 0 Å². The molecule has 1 fully saturated rings. The fourth-order valence-electron chi connectivity index (χ4n) is 3.90. The smallest absolute Gasteiger partial charge is 0.00926 e. The van der Waals surface area contributed by atoms with E-state index < -0.39 is 0 Å². The molecule has 1 N–H and O–H groups in total. The molecule has 1 unspecified atom stereocenters. The minimum absolute atomic E-state index is 0.418. The van der Waals surface area contributed by atoms with Crippen LogP contribution < -0.4 is 5.32 Å². The van der Waals surface area contributed by atoms with E-state index in [-0.39, 0.29) is 0 Å². The van der Waals surface area contributed by atoms with Crippen molar-refractivity contribution < 1.29 is 0 Å². The normalized spacial score (nSPS) is 26.3. The lowest BCUT2D eigenvalue weighted by Gasteiger charge is -2.40. The fraction of sp³-hybridized carbons (Fsp3) is 1.00. The predicted molar refractivity (Wildman–Crippen MR) is 94.8 cm³/mol. The molecule has 1 rings (SSSR count). The number of nitrogens with zero attached hydrogens (tertiary/aromatic N) is 1. The van der Waals surface area contributed by atoms with Gasteiger partial charge in [-0.05, 0) is 62.9 Å². The van der Waals surface area contributed by atoms with Crippen molar-refractivity contribution in [1.29, 1.82) is 0 Å². The van der Waals surface area contributed by atoms with Gasteiger partial charge in [-0.1, -0.05) is 41.0 Å². The first-order valence-electron chi connectivity index (χ1n) is 9.27. The number of hydrogen-bond acceptors (Lipinski definition) is 2. The molecule has 0 radical (unpaired) electrons. The van der Waals surface area contributed by atoms with E-state index in [0.29, 0.717) is 5.41 Å². The summed E-state index contributed by atoms with van der Waals surface area (Å²) in [5.41, 5.74) is 0.418. The maximum Gasteiger partial charge on any atom is 0.00926 e. The number of nitrogens with one attached hydrogen (secondary N) is 1. The monoisotopic (exact) mass is 296 g/mol. The van der Waals surface area contributed by atoms with Crippen molar-refractivity contribution in [1.82, 2.24) is 10.2 Å². The molecule has 0 aromatic heterocycles. The topological polar surface area (TPSA) is 15.3 Å². The van der Waals surface area contributed by atoms with Gasteiger partial charge in [-0.25, -0.2) is 0 Å². The van der Waals surface area contributed by atoms with E-state index in [4.69, 9.17) is 0 Å². The molecule has 0 spiro atoms. The molecule has 126 valence electrons. The van der Waals surface area contributed by atoms with Crippen molar-refractivity contribution in [3.05, 3.63) is 0 Å². The van der Waals surface area contributed by atoms with Gasteiger partial charge >= 0.3 is 0 Å². The van der Waals surface area contributed by atoms with Crippen LogP contribution in [0.3, 0.4) is 0 Å². The van der Waals surface area contributed by atoms with Gasteiger partial charge in [0, 0.05) is 19.1 Å². The second-order valence-corrected chi connectivity index (χ2v) is 8.41. The molecule has 2 heteroatoms. The highest BCUT2D eigenvalue weighted by Crippen LogP contribution is 2.30. The third-order valence-electron chi connectivity index (χ3n) is 5.20. The maximum atomic E-state index is 3.70. The molecule has 0 amide bonds. The SMILES string of the molecule is CCCC(C)(CNCC(C)C)CN(C)C1CCC(C)CC1. The molecule has 1 aliphatic rings. The molecule has 1 atom stereocenters. The zero-order chi connectivity index (χ0) is 15.9. The molecule has 21 heavy (non-hydrogen) atoms. The molecule has 0 saturated heterocycles. The summed E-state index contributed by atoms with van der Waals surface area (Å²) in [6.45, 7) is 15.3. The van der Waals surface area contributed by atoms with E-state index in [1.54, 1.807) is 0 Å². The van der Waals surface area contributed by atoms with Crippen LogP contribution in [0.4, 0.5) is 0 Å². The van der Waals surface area contributed by atoms with Gasteiger partial charge in [0.15, 0.2) is 0 Å². The minimum atomic E-state index is 0.418. The molecule has 0 aromatic carbocycles. The molecular formula is C19H40N2. The van der Waals surface area contributed by atoms with Gasteiger partial charge in [0.2, 0.25) is 0 Å². The minimum Gasteiger partial charge on any atom is -0.316 e. The fourth-order valence-corrected chi connectivity index (χ4v) is 3.90. The Kier molecular flexibility index (Phi) is 8.26. The Hall–Kier alpha value is -0.0800. The summed E-state index contributed by atoms with van der Waals surface area (Å²) < 4.78 is 0. The standard InChI is InChI=1S/C19H40N2/c1-7-12-19(5,14-20-13-16(2)3)15-21(6)18-10-8-17(4)9-11-18/h16-18,20H,7-15H2,1-6H3. The highest BCUT2D eigenvalue weighted by Gasteiger charge is 2.29. The summed E-state index contributed by atoms with van der Waals surface area (Å²) in [4.78, 5) is 2.67. The van der Waals surface area contributed by atoms with Gasteiger partial charge in [-0.15, -0.1) is 0 Å². The number of hydrogen-bond donors (Lipinski definition) is 1. The zero-order valence-corrected chi connectivity index (χ0v) is 15.5. The quantitative estimate of drug-likeness (QED) is 0.671. The Morgan fingerprint density at radius 3 is 2.33 bits per heavy atom. The molecule has 0 aromatic rings. The second-order valence-electron chi connectivity index (χ2n) is 8.41. The molecule has 1 aliphatic carbocycles. The summed E-state index contributed by atoms with van der Waals surface area (Å²) >= 11 is 0. The first kappa shape index (κ1) is 19.0. The van der Waals surface area contributed by atoms with Crippen molar-refractivity contribution in [3.63, 3.8) is 0 Å². The van der Waals surface area contributed by atoms with E-state index >= 15 is 0 Å². The van der Waals surface area contributed by atoms with Crippen LogP contribution in [0.1, 0.15) is 73.1 Å². The first-order chi connectivity index (χ1) is 9.86. The van der Waals surface area contributed by atoms with Gasteiger partial charge in [0.05, 0.1) is 0 Å². The van der Waals surface area contributed by atoms with Crippen molar-refractivity contribution >= 4 is 0 Å². The van der Waals surface area contributed by atoms with Gasteiger partial charge in [-0.2, -0.15) is 0 Å². The molecule has 0 aliphatic heterocycles. The lowest BCUT2D eigenvalue weighted by molar-refractivity contribution is 0.105. The van der Waals surface area contributed by atoms with E-state index in [1.807, 2.05) is 0 Å². The Morgan fingerprint density at radius 1 is 1.19 bits per heavy atom. The predicted octanol–water partition coefficient (Wildman–Crippen LogP) is 4.55. The highest BCUT2D eigenvalue weighted by atomic mass is 15.1. The summed E-state index contributed by atoms with van der Waals surface area (Å²) in [6.07, 6.45) is 8.26. The second kappa shape index (κ2) is 9.15. The van der Waals surface area contributed by atoms with Crippen molar-refractivity contribution in [2.45, 2.75) is 79.2 Å². The Balaban J connectivity index is 2.47. The van der Waals surface area contributed by atoms with E-state index in [9.17, 15) is 0 Å². The van der Waals surface area contributed by atoms with E-state index in [2.05, 4.69) is 51.9 Å². The van der Waals surface area contributed by atoms with Crippen LogP contribution in [0.15, 0.2) is 0 Å². The summed E-state index contributed by atoms with van der Waals surface area (Å²) in [5, 5.41) is 3.70. The first-order valence-corrected chi connectivity index (χ1v) is 9.27. The largest absolute Gasteiger partial charge is 0.316 e. The zero-order valence-electron chi connectivity index (χ0n) is 15.5. The van der Waals surface area contributed by atoms with Crippen LogP contribution in [0, 0.1) is 17.3 Å². The average molecular weight is 297 g/mol. The summed E-state index contributed by atoms with van der Waals surface area (Å²) in [5.74, 6) is 1.69. The molecular weight excluding hydrogens is 256 g/mol. The van der Waals surface area contributed by atoms with Gasteiger partial charge in [-0.3, -0.25) is 0 Å². The third kappa shape index (κ3) is 7.15. The van der Waals surface area contributed by atoms with Crippen LogP contribution >= 0.6 is 0 Å². The maximum absolute atomic E-state index is 3.70. The van der Waals surface area contributed by atoms with E-state index in [1.165, 1.54) is 45.1 Å². The molecule has 0 heterocycles. The molecule has 2 nitrogen and oxygen atoms in total. The van der Waals surface area contributed by atoms with Crippen LogP contribution in [-0.4, -0.2) is 37.6 Å². The van der Waals surface area contributed by atoms with Gasteiger partial charge in [0.25, 0.3) is 0 Å². The van der Waals surface area contributed by atoms with Crippen molar-refractivity contribution in [3.8, 4) is 0 Å². The van der Waals surface area contributed by atoms with Crippen molar-refractivity contribution in [2.75, 3.05) is 26.7 Å². The lowest BCUT2D eigenvalue weighted by atomic mass is 9.82. The average Bonchev–Trinajstić information content (AvgIpc) is 2.38. The molecule has 1 saturated carbocycles. The van der Waals surface area contributed by atoms with Crippen LogP contribution in [0.5, 0.6) is 0 Å². The van der Waals surface area contributed by atoms with E-state index in [0.717, 1.165) is 31.0 Å². The Labute approximate surface area is 134 Å². The highest BCUT2D eigenvalue weighted by molar-refractivity contribution is 4.84. The number of rotatable bonds is 9. The van der Waals surface area contributed by atoms with Gasteiger partial charge < -0.3 is 10.2 Å². The van der Waals surface area contributed by atoms with Crippen LogP contribution in [-0.2, 0) is 0 Å². The van der Waals surface area contributed by atoms with Gasteiger partial charge in [0.1, 0.15) is 0 Å². The Bertz CT molecular complexity index is 269.